The third-order valence-electron chi connectivity index (χ3n) is 8.87. The van der Waals surface area contributed by atoms with Crippen molar-refractivity contribution in [2.24, 2.45) is 11.1 Å². The van der Waals surface area contributed by atoms with Gasteiger partial charge in [0.1, 0.15) is 22.8 Å². The molecule has 0 radical (unpaired) electrons. The van der Waals surface area contributed by atoms with Gasteiger partial charge in [-0.1, -0.05) is 58.2 Å². The highest BCUT2D eigenvalue weighted by Gasteiger charge is 2.67. The Morgan fingerprint density at radius 3 is 2.59 bits per heavy atom. The molecule has 5 aliphatic rings. The molecule has 1 amide bonds. The average molecular weight is 458 g/mol. The molecule has 176 valence electrons. The summed E-state index contributed by atoms with van der Waals surface area (Å²) in [4.78, 5) is 30.6. The van der Waals surface area contributed by atoms with Gasteiger partial charge >= 0.3 is 0 Å². The van der Waals surface area contributed by atoms with E-state index in [4.69, 9.17) is 10.5 Å². The van der Waals surface area contributed by atoms with Crippen LogP contribution in [0.2, 0.25) is 0 Å². The molecule has 0 aromatic heterocycles. The summed E-state index contributed by atoms with van der Waals surface area (Å²) in [5.41, 5.74) is 7.41. The van der Waals surface area contributed by atoms with Crippen LogP contribution >= 0.6 is 0 Å². The molecule has 6 rings (SSSR count). The minimum atomic E-state index is -1.51. The van der Waals surface area contributed by atoms with Crippen LogP contribution in [0.3, 0.4) is 0 Å². The Kier molecular flexibility index (Phi) is 4.26. The van der Waals surface area contributed by atoms with Crippen molar-refractivity contribution in [3.05, 3.63) is 52.1 Å². The molecule has 3 aliphatic heterocycles. The summed E-state index contributed by atoms with van der Waals surface area (Å²) >= 11 is 0. The second-order valence-corrected chi connectivity index (χ2v) is 11.7. The molecule has 0 bridgehead atoms. The second kappa shape index (κ2) is 6.75. The summed E-state index contributed by atoms with van der Waals surface area (Å²) in [5, 5.41) is 10.3. The number of carbonyl (C=O) groups excluding carboxylic acids is 2. The van der Waals surface area contributed by atoms with Gasteiger partial charge in [0, 0.05) is 23.9 Å². The molecule has 0 unspecified atom stereocenters. The Morgan fingerprint density at radius 2 is 1.88 bits per heavy atom. The van der Waals surface area contributed by atoms with E-state index in [1.165, 1.54) is 6.42 Å². The number of hydrogen-bond donors (Lipinski definition) is 1. The number of ether oxygens (including phenoxy) is 1. The molecule has 1 fully saturated rings. The number of para-hydroxylation sites is 1. The number of nitriles is 1. The van der Waals surface area contributed by atoms with Crippen LogP contribution in [0.4, 0.5) is 5.69 Å². The number of hydrogen-bond acceptors (Lipinski definition) is 5. The zero-order valence-electron chi connectivity index (χ0n) is 20.2. The molecule has 6 heteroatoms. The summed E-state index contributed by atoms with van der Waals surface area (Å²) < 4.78 is 5.95. The first-order valence-corrected chi connectivity index (χ1v) is 12.5. The lowest BCUT2D eigenvalue weighted by Gasteiger charge is -2.51. The molecule has 2 aliphatic carbocycles. The van der Waals surface area contributed by atoms with E-state index in [0.717, 1.165) is 48.9 Å². The van der Waals surface area contributed by atoms with Gasteiger partial charge in [-0.25, -0.2) is 0 Å². The highest BCUT2D eigenvalue weighted by atomic mass is 16.5. The molecule has 0 saturated heterocycles. The molecular formula is C28H31N3O3. The van der Waals surface area contributed by atoms with Gasteiger partial charge in [-0.05, 0) is 36.2 Å². The fourth-order valence-electron chi connectivity index (χ4n) is 7.64. The van der Waals surface area contributed by atoms with Gasteiger partial charge in [-0.2, -0.15) is 5.26 Å². The predicted molar refractivity (Wildman–Crippen MR) is 127 cm³/mol. The lowest BCUT2D eigenvalue weighted by atomic mass is 9.62. The van der Waals surface area contributed by atoms with E-state index in [9.17, 15) is 14.9 Å². The lowest BCUT2D eigenvalue weighted by Crippen LogP contribution is -2.59. The van der Waals surface area contributed by atoms with Crippen molar-refractivity contribution in [3.63, 3.8) is 0 Å². The first kappa shape index (κ1) is 21.5. The standard InChI is InChI=1S/C28H31N3O3/c1-16-12-27(10-5-4-6-11-27)31-23-17(16)8-7-9-18(23)28(25(31)33)19(15-29)24(30)34-21-14-26(2,3)13-20(32)22(21)28/h7-9,16H,4-6,10-14,30H2,1-3H3/t16-,28-/m1/s1. The summed E-state index contributed by atoms with van der Waals surface area (Å²) in [6.45, 7) is 6.27. The predicted octanol–water partition coefficient (Wildman–Crippen LogP) is 4.85. The van der Waals surface area contributed by atoms with Gasteiger partial charge in [0.25, 0.3) is 0 Å². The van der Waals surface area contributed by atoms with Gasteiger partial charge in [-0.15, -0.1) is 0 Å². The molecular weight excluding hydrogens is 426 g/mol. The van der Waals surface area contributed by atoms with Crippen LogP contribution in [-0.4, -0.2) is 17.2 Å². The average Bonchev–Trinajstić information content (AvgIpc) is 3.02. The van der Waals surface area contributed by atoms with Crippen LogP contribution in [0, 0.1) is 16.7 Å². The van der Waals surface area contributed by atoms with Crippen LogP contribution < -0.4 is 10.6 Å². The van der Waals surface area contributed by atoms with Crippen LogP contribution in [0.5, 0.6) is 0 Å². The number of benzene rings is 1. The summed E-state index contributed by atoms with van der Waals surface area (Å²) in [7, 11) is 0. The maximum absolute atomic E-state index is 14.9. The number of anilines is 1. The van der Waals surface area contributed by atoms with E-state index in [1.54, 1.807) is 0 Å². The van der Waals surface area contributed by atoms with E-state index >= 15 is 0 Å². The number of ketones is 1. The number of rotatable bonds is 0. The van der Waals surface area contributed by atoms with Gasteiger partial charge in [0.05, 0.1) is 11.3 Å². The Bertz CT molecular complexity index is 1260. The van der Waals surface area contributed by atoms with Crippen molar-refractivity contribution >= 4 is 17.4 Å². The van der Waals surface area contributed by atoms with Crippen LogP contribution in [0.1, 0.15) is 89.2 Å². The number of carbonyl (C=O) groups is 2. The van der Waals surface area contributed by atoms with Crippen molar-refractivity contribution in [1.82, 2.24) is 0 Å². The van der Waals surface area contributed by atoms with E-state index in [0.29, 0.717) is 24.2 Å². The zero-order valence-corrected chi connectivity index (χ0v) is 20.2. The van der Waals surface area contributed by atoms with Crippen molar-refractivity contribution < 1.29 is 14.3 Å². The maximum Gasteiger partial charge on any atom is 0.248 e. The molecule has 2 atom stereocenters. The highest BCUT2D eigenvalue weighted by molar-refractivity contribution is 6.21. The van der Waals surface area contributed by atoms with E-state index in [1.807, 2.05) is 30.9 Å². The summed E-state index contributed by atoms with van der Waals surface area (Å²) in [6.07, 6.45) is 6.91. The Labute approximate surface area is 200 Å². The van der Waals surface area contributed by atoms with Gasteiger partial charge < -0.3 is 15.4 Å². The molecule has 1 aromatic rings. The Morgan fingerprint density at radius 1 is 1.15 bits per heavy atom. The minimum absolute atomic E-state index is 0.0525. The van der Waals surface area contributed by atoms with Gasteiger partial charge in [0.2, 0.25) is 11.8 Å². The van der Waals surface area contributed by atoms with Crippen LogP contribution in [0.25, 0.3) is 0 Å². The molecule has 2 N–H and O–H groups in total. The molecule has 34 heavy (non-hydrogen) atoms. The molecule has 6 nitrogen and oxygen atoms in total. The first-order valence-electron chi connectivity index (χ1n) is 12.5. The monoisotopic (exact) mass is 457 g/mol. The topological polar surface area (TPSA) is 96.4 Å². The third-order valence-corrected chi connectivity index (χ3v) is 8.87. The third kappa shape index (κ3) is 2.45. The van der Waals surface area contributed by atoms with E-state index in [-0.39, 0.29) is 40.0 Å². The van der Waals surface area contributed by atoms with Crippen LogP contribution in [0.15, 0.2) is 41.0 Å². The number of allylic oxidation sites excluding steroid dienone is 1. The maximum atomic E-state index is 14.9. The molecule has 1 saturated carbocycles. The minimum Gasteiger partial charge on any atom is -0.444 e. The SMILES string of the molecule is C[C@@H]1CC2(CCCCC2)N2C(=O)[C@@]3(C(C#N)=C(N)OC4=C3C(=O)CC(C)(C)C4)c3cccc1c32. The van der Waals surface area contributed by atoms with E-state index < -0.39 is 5.41 Å². The van der Waals surface area contributed by atoms with E-state index in [2.05, 4.69) is 19.1 Å². The number of Topliss-reactive ketones (excluding diaryl/α,β-unsaturated/α-hetero) is 1. The smallest absolute Gasteiger partial charge is 0.248 e. The first-order chi connectivity index (χ1) is 16.2. The number of nitrogens with zero attached hydrogens (tertiary/aromatic N) is 2. The molecule has 1 aromatic carbocycles. The van der Waals surface area contributed by atoms with Gasteiger partial charge in [-0.3, -0.25) is 9.59 Å². The number of nitrogens with two attached hydrogens (primary N) is 1. The highest BCUT2D eigenvalue weighted by Crippen LogP contribution is 2.63. The fraction of sp³-hybridized carbons (Fsp3) is 0.536. The van der Waals surface area contributed by atoms with Crippen molar-refractivity contribution in [2.75, 3.05) is 4.90 Å². The van der Waals surface area contributed by atoms with Crippen molar-refractivity contribution in [3.8, 4) is 6.07 Å². The second-order valence-electron chi connectivity index (χ2n) is 11.7. The Balaban J connectivity index is 1.70. The normalized spacial score (nSPS) is 30.9. The molecule has 3 heterocycles. The van der Waals surface area contributed by atoms with Crippen molar-refractivity contribution in [1.29, 1.82) is 5.26 Å². The molecule has 2 spiro atoms. The largest absolute Gasteiger partial charge is 0.444 e. The summed E-state index contributed by atoms with van der Waals surface area (Å²) in [5.74, 6) is 0.376. The zero-order chi connectivity index (χ0) is 24.0. The fourth-order valence-corrected chi connectivity index (χ4v) is 7.64. The quantitative estimate of drug-likeness (QED) is 0.601. The summed E-state index contributed by atoms with van der Waals surface area (Å²) in [6, 6.07) is 8.20. The lowest BCUT2D eigenvalue weighted by molar-refractivity contribution is -0.127. The van der Waals surface area contributed by atoms with Crippen molar-refractivity contribution in [2.45, 2.75) is 89.0 Å². The number of fused-ring (bicyclic) bond motifs is 3. The van der Waals surface area contributed by atoms with Gasteiger partial charge in [0.15, 0.2) is 5.78 Å². The Hall–Kier alpha value is -3.07. The number of amides is 1. The van der Waals surface area contributed by atoms with Crippen LogP contribution in [-0.2, 0) is 19.7 Å².